The number of nitrogens with one attached hydrogen (secondary N) is 1. The zero-order valence-electron chi connectivity index (χ0n) is 15.7. The number of nitrogens with zero attached hydrogens (tertiary/aromatic N) is 4. The van der Waals surface area contributed by atoms with Gasteiger partial charge < -0.3 is 10.2 Å². The van der Waals surface area contributed by atoms with Crippen LogP contribution in [0.25, 0.3) is 0 Å². The van der Waals surface area contributed by atoms with E-state index in [0.717, 1.165) is 12.1 Å². The third-order valence-electron chi connectivity index (χ3n) is 4.79. The lowest BCUT2D eigenvalue weighted by atomic mass is 10.1. The molecule has 0 fully saturated rings. The monoisotopic (exact) mass is 415 g/mol. The number of halogens is 3. The summed E-state index contributed by atoms with van der Waals surface area (Å²) in [6.45, 7) is 2.06. The summed E-state index contributed by atoms with van der Waals surface area (Å²) in [6.07, 6.45) is -0.149. The van der Waals surface area contributed by atoms with E-state index in [2.05, 4.69) is 15.4 Å². The molecule has 1 aliphatic rings. The average Bonchev–Trinajstić information content (AvgIpc) is 3.15. The van der Waals surface area contributed by atoms with E-state index in [9.17, 15) is 22.8 Å². The molecule has 1 N–H and O–H groups in total. The number of hydrogen-bond donors (Lipinski definition) is 1. The standard InChI is InChI=1S/C20H16F3N5O2/c1-12-11-27(15-6-4-14(5-7-15)20(21,22)23)19(30)17-16(10-25-28(12)17)26-18(29)13-3-2-8-24-9-13/h2-10,12H,11H2,1H3,(H,26,29)/t12-/m1/s1. The molecular weight excluding hydrogens is 399 g/mol. The fourth-order valence-electron chi connectivity index (χ4n) is 3.30. The van der Waals surface area contributed by atoms with E-state index in [-0.39, 0.29) is 24.0 Å². The fourth-order valence-corrected chi connectivity index (χ4v) is 3.30. The summed E-state index contributed by atoms with van der Waals surface area (Å²) in [4.78, 5) is 30.8. The number of carbonyl (C=O) groups is 2. The topological polar surface area (TPSA) is 80.1 Å². The molecule has 10 heteroatoms. The molecule has 4 rings (SSSR count). The first-order valence-electron chi connectivity index (χ1n) is 9.03. The van der Waals surface area contributed by atoms with Crippen molar-refractivity contribution in [3.05, 3.63) is 71.8 Å². The van der Waals surface area contributed by atoms with Crippen LogP contribution in [0.4, 0.5) is 24.5 Å². The number of fused-ring (bicyclic) bond motifs is 1. The van der Waals surface area contributed by atoms with Crippen LogP contribution in [0, 0.1) is 0 Å². The van der Waals surface area contributed by atoms with Gasteiger partial charge in [0.2, 0.25) is 0 Å². The van der Waals surface area contributed by atoms with Crippen molar-refractivity contribution in [1.29, 1.82) is 0 Å². The summed E-state index contributed by atoms with van der Waals surface area (Å²) in [6, 6.07) is 7.33. The molecule has 1 atom stereocenters. The van der Waals surface area contributed by atoms with Crippen LogP contribution < -0.4 is 10.2 Å². The number of carbonyl (C=O) groups excluding carboxylic acids is 2. The van der Waals surface area contributed by atoms with Crippen molar-refractivity contribution < 1.29 is 22.8 Å². The van der Waals surface area contributed by atoms with Crippen molar-refractivity contribution in [2.45, 2.75) is 19.1 Å². The molecule has 3 aromatic rings. The Labute approximate surface area is 169 Å². The molecule has 0 bridgehead atoms. The molecule has 0 aliphatic carbocycles. The van der Waals surface area contributed by atoms with Gasteiger partial charge in [-0.05, 0) is 43.3 Å². The lowest BCUT2D eigenvalue weighted by Crippen LogP contribution is -2.43. The molecule has 0 radical (unpaired) electrons. The SMILES string of the molecule is C[C@@H]1CN(c2ccc(C(F)(F)F)cc2)C(=O)c2c(NC(=O)c3cccnc3)cnn21. The van der Waals surface area contributed by atoms with Crippen LogP contribution >= 0.6 is 0 Å². The van der Waals surface area contributed by atoms with Gasteiger partial charge in [0.25, 0.3) is 11.8 Å². The Bertz CT molecular complexity index is 1090. The van der Waals surface area contributed by atoms with Crippen LogP contribution in [0.5, 0.6) is 0 Å². The summed E-state index contributed by atoms with van der Waals surface area (Å²) in [5, 5.41) is 6.86. The first-order valence-corrected chi connectivity index (χ1v) is 9.03. The normalized spacial score (nSPS) is 16.3. The highest BCUT2D eigenvalue weighted by Gasteiger charge is 2.35. The Balaban J connectivity index is 1.63. The number of pyridine rings is 1. The Hall–Kier alpha value is -3.69. The quantitative estimate of drug-likeness (QED) is 0.706. The molecule has 0 unspecified atom stereocenters. The number of alkyl halides is 3. The van der Waals surface area contributed by atoms with Crippen LogP contribution in [0.15, 0.2) is 55.0 Å². The van der Waals surface area contributed by atoms with Gasteiger partial charge in [-0.15, -0.1) is 0 Å². The maximum absolute atomic E-state index is 13.1. The van der Waals surface area contributed by atoms with Crippen molar-refractivity contribution in [3.8, 4) is 0 Å². The lowest BCUT2D eigenvalue weighted by Gasteiger charge is -2.32. The predicted molar refractivity (Wildman–Crippen MR) is 102 cm³/mol. The third kappa shape index (κ3) is 3.51. The van der Waals surface area contributed by atoms with Crippen LogP contribution in [0.3, 0.4) is 0 Å². The van der Waals surface area contributed by atoms with Gasteiger partial charge in [0.1, 0.15) is 0 Å². The van der Waals surface area contributed by atoms with E-state index in [1.54, 1.807) is 12.1 Å². The zero-order chi connectivity index (χ0) is 21.5. The number of amides is 2. The summed E-state index contributed by atoms with van der Waals surface area (Å²) in [7, 11) is 0. The molecule has 0 saturated heterocycles. The first kappa shape index (κ1) is 19.6. The van der Waals surface area contributed by atoms with Gasteiger partial charge in [-0.3, -0.25) is 19.3 Å². The van der Waals surface area contributed by atoms with E-state index in [4.69, 9.17) is 0 Å². The maximum atomic E-state index is 13.1. The van der Waals surface area contributed by atoms with Gasteiger partial charge in [-0.2, -0.15) is 18.3 Å². The van der Waals surface area contributed by atoms with Gasteiger partial charge in [-0.1, -0.05) is 0 Å². The molecule has 3 heterocycles. The second-order valence-corrected chi connectivity index (χ2v) is 6.86. The van der Waals surface area contributed by atoms with Crippen LogP contribution in [-0.2, 0) is 6.18 Å². The highest BCUT2D eigenvalue weighted by atomic mass is 19.4. The number of benzene rings is 1. The summed E-state index contributed by atoms with van der Waals surface area (Å²) >= 11 is 0. The van der Waals surface area contributed by atoms with E-state index in [1.807, 2.05) is 6.92 Å². The van der Waals surface area contributed by atoms with Gasteiger partial charge in [0, 0.05) is 24.6 Å². The molecule has 0 spiro atoms. The smallest absolute Gasteiger partial charge is 0.319 e. The van der Waals surface area contributed by atoms with Crippen molar-refractivity contribution >= 4 is 23.2 Å². The Morgan fingerprint density at radius 2 is 1.90 bits per heavy atom. The van der Waals surface area contributed by atoms with E-state index in [0.29, 0.717) is 11.3 Å². The second kappa shape index (κ2) is 7.29. The van der Waals surface area contributed by atoms with Crippen molar-refractivity contribution in [2.24, 2.45) is 0 Å². The molecule has 2 aromatic heterocycles. The van der Waals surface area contributed by atoms with E-state index < -0.39 is 23.6 Å². The molecule has 2 amide bonds. The minimum atomic E-state index is -4.46. The summed E-state index contributed by atoms with van der Waals surface area (Å²) in [5.74, 6) is -0.919. The minimum Gasteiger partial charge on any atom is -0.319 e. The number of anilines is 2. The third-order valence-corrected chi connectivity index (χ3v) is 4.79. The number of hydrogen-bond acceptors (Lipinski definition) is 4. The van der Waals surface area contributed by atoms with Crippen molar-refractivity contribution in [3.63, 3.8) is 0 Å². The largest absolute Gasteiger partial charge is 0.416 e. The first-order chi connectivity index (χ1) is 14.3. The molecule has 7 nitrogen and oxygen atoms in total. The highest BCUT2D eigenvalue weighted by Crippen LogP contribution is 2.33. The molecule has 1 aromatic carbocycles. The van der Waals surface area contributed by atoms with Crippen molar-refractivity contribution in [1.82, 2.24) is 14.8 Å². The molecule has 154 valence electrons. The number of rotatable bonds is 3. The van der Waals surface area contributed by atoms with Crippen molar-refractivity contribution in [2.75, 3.05) is 16.8 Å². The highest BCUT2D eigenvalue weighted by molar-refractivity contribution is 6.13. The second-order valence-electron chi connectivity index (χ2n) is 6.86. The Kier molecular flexibility index (Phi) is 4.76. The average molecular weight is 415 g/mol. The van der Waals surface area contributed by atoms with Gasteiger partial charge in [0.05, 0.1) is 29.1 Å². The summed E-state index contributed by atoms with van der Waals surface area (Å²) in [5.41, 5.74) is 0.228. The fraction of sp³-hybridized carbons (Fsp3) is 0.200. The van der Waals surface area contributed by atoms with Gasteiger partial charge in [-0.25, -0.2) is 0 Å². The van der Waals surface area contributed by atoms with E-state index >= 15 is 0 Å². The molecule has 30 heavy (non-hydrogen) atoms. The predicted octanol–water partition coefficient (Wildman–Crippen LogP) is 3.77. The molecule has 1 aliphatic heterocycles. The van der Waals surface area contributed by atoms with Crippen LogP contribution in [0.1, 0.15) is 39.4 Å². The lowest BCUT2D eigenvalue weighted by molar-refractivity contribution is -0.137. The van der Waals surface area contributed by atoms with Gasteiger partial charge in [0.15, 0.2) is 5.69 Å². The van der Waals surface area contributed by atoms with Crippen LogP contribution in [-0.4, -0.2) is 33.1 Å². The zero-order valence-corrected chi connectivity index (χ0v) is 15.7. The minimum absolute atomic E-state index is 0.158. The molecule has 0 saturated carbocycles. The maximum Gasteiger partial charge on any atom is 0.416 e. The van der Waals surface area contributed by atoms with E-state index in [1.165, 1.54) is 40.3 Å². The number of aromatic nitrogens is 3. The van der Waals surface area contributed by atoms with Gasteiger partial charge >= 0.3 is 6.18 Å². The molecular formula is C20H16F3N5O2. The Morgan fingerprint density at radius 3 is 2.53 bits per heavy atom. The summed E-state index contributed by atoms with van der Waals surface area (Å²) < 4.78 is 40.0. The van der Waals surface area contributed by atoms with Crippen LogP contribution in [0.2, 0.25) is 0 Å². The Morgan fingerprint density at radius 1 is 1.17 bits per heavy atom.